The minimum atomic E-state index is 0. The molecule has 0 radical (unpaired) electrons. The molecular formula is C19H28IN5. The third kappa shape index (κ3) is 6.89. The maximum Gasteiger partial charge on any atom is 0.191 e. The topological polar surface area (TPSA) is 52.6 Å². The Balaban J connectivity index is 0.00000312. The number of rotatable bonds is 6. The van der Waals surface area contributed by atoms with E-state index >= 15 is 0 Å². The first kappa shape index (κ1) is 21.2. The number of aryl methyl sites for hydroxylation is 1. The van der Waals surface area contributed by atoms with Gasteiger partial charge in [0.05, 0.1) is 6.54 Å². The quantitative estimate of drug-likeness (QED) is 0.400. The van der Waals surface area contributed by atoms with Crippen LogP contribution in [0.15, 0.2) is 47.6 Å². The van der Waals surface area contributed by atoms with Crippen LogP contribution in [0.3, 0.4) is 0 Å². The van der Waals surface area contributed by atoms with E-state index in [1.54, 1.807) is 0 Å². The lowest BCUT2D eigenvalue weighted by Crippen LogP contribution is -2.37. The first-order valence-corrected chi connectivity index (χ1v) is 8.29. The zero-order valence-corrected chi connectivity index (χ0v) is 17.7. The summed E-state index contributed by atoms with van der Waals surface area (Å²) in [6.45, 7) is 6.33. The van der Waals surface area contributed by atoms with Gasteiger partial charge in [-0.25, -0.2) is 9.98 Å². The minimum absolute atomic E-state index is 0. The number of aliphatic imine (C=N–C) groups is 1. The summed E-state index contributed by atoms with van der Waals surface area (Å²) in [4.78, 5) is 11.1. The van der Waals surface area contributed by atoms with Crippen LogP contribution in [0, 0.1) is 6.92 Å². The van der Waals surface area contributed by atoms with Crippen LogP contribution in [-0.4, -0.2) is 31.6 Å². The molecule has 2 rings (SSSR count). The molecule has 1 aromatic heterocycles. The molecule has 2 N–H and O–H groups in total. The number of guanidine groups is 1. The average molecular weight is 453 g/mol. The van der Waals surface area contributed by atoms with Gasteiger partial charge < -0.3 is 15.5 Å². The normalized spacial score (nSPS) is 10.8. The summed E-state index contributed by atoms with van der Waals surface area (Å²) in [5.41, 5.74) is 3.61. The van der Waals surface area contributed by atoms with Crippen LogP contribution in [-0.2, 0) is 13.1 Å². The summed E-state index contributed by atoms with van der Waals surface area (Å²) in [5.74, 6) is 1.78. The number of hydrogen-bond acceptors (Lipinski definition) is 3. The first-order chi connectivity index (χ1) is 11.6. The second-order valence-corrected chi connectivity index (χ2v) is 5.92. The Hall–Kier alpha value is -1.83. The molecule has 0 amide bonds. The van der Waals surface area contributed by atoms with Crippen LogP contribution in [0.5, 0.6) is 0 Å². The lowest BCUT2D eigenvalue weighted by atomic mass is 10.1. The molecule has 5 nitrogen and oxygen atoms in total. The number of pyridine rings is 1. The molecule has 2 aromatic rings. The zero-order valence-electron chi connectivity index (χ0n) is 15.4. The van der Waals surface area contributed by atoms with E-state index in [2.05, 4.69) is 64.8 Å². The molecule has 0 aliphatic rings. The van der Waals surface area contributed by atoms with Gasteiger partial charge in [-0.05, 0) is 25.5 Å². The molecule has 25 heavy (non-hydrogen) atoms. The summed E-state index contributed by atoms with van der Waals surface area (Å²) >= 11 is 0. The summed E-state index contributed by atoms with van der Waals surface area (Å²) < 4.78 is 0. The van der Waals surface area contributed by atoms with E-state index in [4.69, 9.17) is 0 Å². The fraction of sp³-hybridized carbons (Fsp3) is 0.368. The monoisotopic (exact) mass is 453 g/mol. The lowest BCUT2D eigenvalue weighted by molar-refractivity contribution is 0.810. The number of benzene rings is 1. The standard InChI is InChI=1S/C19H27N5.HI/c1-5-20-19(22-13-16-9-6-8-15(2)12-16)23-14-17-10-7-11-21-18(17)24(3)4;/h6-12H,5,13-14H2,1-4H3,(H2,20,22,23);1H. The molecule has 0 saturated carbocycles. The average Bonchev–Trinajstić information content (AvgIpc) is 2.57. The Morgan fingerprint density at radius 3 is 2.64 bits per heavy atom. The van der Waals surface area contributed by atoms with Crippen molar-refractivity contribution >= 4 is 35.8 Å². The molecule has 0 aliphatic carbocycles. The van der Waals surface area contributed by atoms with Gasteiger partial charge in [-0.15, -0.1) is 24.0 Å². The van der Waals surface area contributed by atoms with Crippen LogP contribution in [0.25, 0.3) is 0 Å². The summed E-state index contributed by atoms with van der Waals surface area (Å²) in [7, 11) is 4.01. The van der Waals surface area contributed by atoms with Crippen LogP contribution in [0.1, 0.15) is 23.6 Å². The second-order valence-electron chi connectivity index (χ2n) is 5.92. The summed E-state index contributed by atoms with van der Waals surface area (Å²) in [6, 6.07) is 12.5. The molecule has 0 saturated heterocycles. The largest absolute Gasteiger partial charge is 0.362 e. The molecule has 0 unspecified atom stereocenters. The van der Waals surface area contributed by atoms with Gasteiger partial charge >= 0.3 is 0 Å². The lowest BCUT2D eigenvalue weighted by Gasteiger charge is -2.17. The fourth-order valence-electron chi connectivity index (χ4n) is 2.47. The summed E-state index contributed by atoms with van der Waals surface area (Å²) in [5, 5.41) is 6.68. The Bertz CT molecular complexity index is 685. The number of halogens is 1. The van der Waals surface area contributed by atoms with Gasteiger partial charge in [0.1, 0.15) is 5.82 Å². The second kappa shape index (κ2) is 10.9. The van der Waals surface area contributed by atoms with Gasteiger partial charge in [-0.1, -0.05) is 35.9 Å². The van der Waals surface area contributed by atoms with E-state index in [0.29, 0.717) is 13.1 Å². The van der Waals surface area contributed by atoms with Gasteiger partial charge in [0.15, 0.2) is 5.96 Å². The molecule has 1 aromatic carbocycles. The van der Waals surface area contributed by atoms with E-state index in [-0.39, 0.29) is 24.0 Å². The van der Waals surface area contributed by atoms with Crippen molar-refractivity contribution in [3.8, 4) is 0 Å². The molecule has 0 fully saturated rings. The molecule has 136 valence electrons. The number of nitrogens with one attached hydrogen (secondary N) is 2. The maximum absolute atomic E-state index is 4.67. The molecule has 1 heterocycles. The smallest absolute Gasteiger partial charge is 0.191 e. The van der Waals surface area contributed by atoms with Crippen LogP contribution in [0.4, 0.5) is 5.82 Å². The van der Waals surface area contributed by atoms with Gasteiger partial charge in [0.25, 0.3) is 0 Å². The molecule has 0 atom stereocenters. The number of anilines is 1. The van der Waals surface area contributed by atoms with Crippen molar-refractivity contribution in [1.82, 2.24) is 15.6 Å². The molecule has 0 aliphatic heterocycles. The highest BCUT2D eigenvalue weighted by atomic mass is 127. The highest BCUT2D eigenvalue weighted by molar-refractivity contribution is 14.0. The third-order valence-corrected chi connectivity index (χ3v) is 3.58. The predicted octanol–water partition coefficient (Wildman–Crippen LogP) is 3.33. The van der Waals surface area contributed by atoms with Crippen LogP contribution < -0.4 is 15.5 Å². The number of aromatic nitrogens is 1. The Morgan fingerprint density at radius 2 is 1.96 bits per heavy atom. The van der Waals surface area contributed by atoms with Crippen molar-refractivity contribution in [3.63, 3.8) is 0 Å². The van der Waals surface area contributed by atoms with Gasteiger partial charge in [-0.3, -0.25) is 0 Å². The Labute approximate surface area is 168 Å². The van der Waals surface area contributed by atoms with Crippen LogP contribution in [0.2, 0.25) is 0 Å². The SMILES string of the molecule is CCNC(=NCc1cccc(C)c1)NCc1cccnc1N(C)C.I. The first-order valence-electron chi connectivity index (χ1n) is 8.29. The van der Waals surface area contributed by atoms with Crippen molar-refractivity contribution in [2.45, 2.75) is 26.9 Å². The number of nitrogens with zero attached hydrogens (tertiary/aromatic N) is 3. The number of hydrogen-bond donors (Lipinski definition) is 2. The van der Waals surface area contributed by atoms with Crippen molar-refractivity contribution in [3.05, 3.63) is 59.3 Å². The van der Waals surface area contributed by atoms with E-state index in [1.165, 1.54) is 11.1 Å². The van der Waals surface area contributed by atoms with Gasteiger partial charge in [-0.2, -0.15) is 0 Å². The van der Waals surface area contributed by atoms with E-state index in [1.807, 2.05) is 31.3 Å². The highest BCUT2D eigenvalue weighted by Crippen LogP contribution is 2.13. The molecule has 0 spiro atoms. The fourth-order valence-corrected chi connectivity index (χ4v) is 2.47. The van der Waals surface area contributed by atoms with E-state index < -0.39 is 0 Å². The van der Waals surface area contributed by atoms with Gasteiger partial charge in [0.2, 0.25) is 0 Å². The summed E-state index contributed by atoms with van der Waals surface area (Å²) in [6.07, 6.45) is 1.82. The Morgan fingerprint density at radius 1 is 1.16 bits per heavy atom. The van der Waals surface area contributed by atoms with Crippen molar-refractivity contribution in [1.29, 1.82) is 0 Å². The van der Waals surface area contributed by atoms with Crippen molar-refractivity contribution in [2.75, 3.05) is 25.5 Å². The third-order valence-electron chi connectivity index (χ3n) is 3.58. The molecular weight excluding hydrogens is 425 g/mol. The molecule has 0 bridgehead atoms. The van der Waals surface area contributed by atoms with Crippen molar-refractivity contribution < 1.29 is 0 Å². The van der Waals surface area contributed by atoms with Crippen LogP contribution >= 0.6 is 24.0 Å². The Kier molecular flexibility index (Phi) is 9.26. The molecule has 6 heteroatoms. The van der Waals surface area contributed by atoms with E-state index in [9.17, 15) is 0 Å². The predicted molar refractivity (Wildman–Crippen MR) is 117 cm³/mol. The van der Waals surface area contributed by atoms with Crippen molar-refractivity contribution in [2.24, 2.45) is 4.99 Å². The maximum atomic E-state index is 4.67. The zero-order chi connectivity index (χ0) is 17.4. The highest BCUT2D eigenvalue weighted by Gasteiger charge is 2.06. The van der Waals surface area contributed by atoms with Gasteiger partial charge in [0, 0.05) is 38.9 Å². The van der Waals surface area contributed by atoms with E-state index in [0.717, 1.165) is 23.9 Å². The minimum Gasteiger partial charge on any atom is -0.362 e.